The fourth-order valence-corrected chi connectivity index (χ4v) is 2.78. The molecule has 1 atom stereocenters. The third-order valence-electron chi connectivity index (χ3n) is 3.50. The summed E-state index contributed by atoms with van der Waals surface area (Å²) in [6.45, 7) is 0.501. The lowest BCUT2D eigenvalue weighted by molar-refractivity contribution is -0.138. The standard InChI is InChI=1S/C15H13BrN2O2/c16-11-5-6-12(17-8-11)9-18-13-4-2-1-3-10(13)7-14(18)15(19)20/h1-6,8,14H,7,9H2,(H,19,20). The van der Waals surface area contributed by atoms with E-state index in [1.807, 2.05) is 41.3 Å². The molecule has 3 rings (SSSR count). The summed E-state index contributed by atoms with van der Waals surface area (Å²) in [4.78, 5) is 17.7. The largest absolute Gasteiger partial charge is 0.480 e. The summed E-state index contributed by atoms with van der Waals surface area (Å²) < 4.78 is 0.915. The summed E-state index contributed by atoms with van der Waals surface area (Å²) in [5, 5.41) is 9.41. The minimum atomic E-state index is -0.793. The molecule has 2 heterocycles. The first-order valence-electron chi connectivity index (χ1n) is 6.33. The summed E-state index contributed by atoms with van der Waals surface area (Å²) in [5.41, 5.74) is 2.93. The average Bonchev–Trinajstić information content (AvgIpc) is 2.81. The van der Waals surface area contributed by atoms with Crippen LogP contribution in [0.15, 0.2) is 47.1 Å². The van der Waals surface area contributed by atoms with Crippen LogP contribution >= 0.6 is 15.9 Å². The molecule has 1 aliphatic heterocycles. The molecule has 20 heavy (non-hydrogen) atoms. The van der Waals surface area contributed by atoms with Crippen LogP contribution in [0.3, 0.4) is 0 Å². The number of anilines is 1. The van der Waals surface area contributed by atoms with Gasteiger partial charge in [0.1, 0.15) is 6.04 Å². The second kappa shape index (κ2) is 5.25. The van der Waals surface area contributed by atoms with Crippen molar-refractivity contribution in [1.29, 1.82) is 0 Å². The zero-order chi connectivity index (χ0) is 14.1. The summed E-state index contributed by atoms with van der Waals surface area (Å²) in [6.07, 6.45) is 2.27. The number of nitrogens with zero attached hydrogens (tertiary/aromatic N) is 2. The Balaban J connectivity index is 1.92. The van der Waals surface area contributed by atoms with Crippen LogP contribution < -0.4 is 4.90 Å². The van der Waals surface area contributed by atoms with Gasteiger partial charge in [-0.15, -0.1) is 0 Å². The van der Waals surface area contributed by atoms with E-state index in [4.69, 9.17) is 0 Å². The molecule has 1 aromatic heterocycles. The van der Waals surface area contributed by atoms with Gasteiger partial charge in [-0.1, -0.05) is 18.2 Å². The van der Waals surface area contributed by atoms with Crippen LogP contribution in [0.5, 0.6) is 0 Å². The number of benzene rings is 1. The molecule has 0 radical (unpaired) electrons. The SMILES string of the molecule is O=C(O)C1Cc2ccccc2N1Cc1ccc(Br)cn1. The van der Waals surface area contributed by atoms with Gasteiger partial charge >= 0.3 is 5.97 Å². The van der Waals surface area contributed by atoms with Gasteiger partial charge in [0, 0.05) is 22.8 Å². The first kappa shape index (κ1) is 13.1. The molecule has 2 aromatic rings. The van der Waals surface area contributed by atoms with E-state index < -0.39 is 12.0 Å². The minimum absolute atomic E-state index is 0.501. The molecule has 0 fully saturated rings. The van der Waals surface area contributed by atoms with E-state index in [0.29, 0.717) is 13.0 Å². The predicted molar refractivity (Wildman–Crippen MR) is 79.7 cm³/mol. The van der Waals surface area contributed by atoms with Crippen LogP contribution in [0.25, 0.3) is 0 Å². The van der Waals surface area contributed by atoms with E-state index in [0.717, 1.165) is 21.4 Å². The molecule has 1 unspecified atom stereocenters. The second-order valence-corrected chi connectivity index (χ2v) is 5.70. The molecular weight excluding hydrogens is 320 g/mol. The van der Waals surface area contributed by atoms with Gasteiger partial charge in [-0.05, 0) is 39.7 Å². The van der Waals surface area contributed by atoms with Gasteiger partial charge in [0.2, 0.25) is 0 Å². The predicted octanol–water partition coefficient (Wildman–Crippen LogP) is 2.86. The van der Waals surface area contributed by atoms with Crippen molar-refractivity contribution in [2.45, 2.75) is 19.0 Å². The fraction of sp³-hybridized carbons (Fsp3) is 0.200. The molecule has 0 spiro atoms. The van der Waals surface area contributed by atoms with Crippen molar-refractivity contribution in [2.75, 3.05) is 4.90 Å². The number of para-hydroxylation sites is 1. The number of pyridine rings is 1. The molecule has 5 heteroatoms. The van der Waals surface area contributed by atoms with Crippen molar-refractivity contribution in [3.63, 3.8) is 0 Å². The van der Waals surface area contributed by atoms with Crippen LogP contribution in [0.1, 0.15) is 11.3 Å². The maximum Gasteiger partial charge on any atom is 0.326 e. The molecule has 102 valence electrons. The highest BCUT2D eigenvalue weighted by Gasteiger charge is 2.34. The number of halogens is 1. The zero-order valence-corrected chi connectivity index (χ0v) is 12.2. The number of fused-ring (bicyclic) bond motifs is 1. The van der Waals surface area contributed by atoms with Gasteiger partial charge in [0.05, 0.1) is 12.2 Å². The van der Waals surface area contributed by atoms with Crippen molar-refractivity contribution in [3.8, 4) is 0 Å². The monoisotopic (exact) mass is 332 g/mol. The highest BCUT2D eigenvalue weighted by atomic mass is 79.9. The van der Waals surface area contributed by atoms with Crippen molar-refractivity contribution in [2.24, 2.45) is 0 Å². The Labute approximate surface area is 125 Å². The molecule has 0 saturated carbocycles. The van der Waals surface area contributed by atoms with Crippen molar-refractivity contribution in [3.05, 3.63) is 58.3 Å². The summed E-state index contributed by atoms with van der Waals surface area (Å²) >= 11 is 3.35. The molecule has 0 aliphatic carbocycles. The van der Waals surface area contributed by atoms with E-state index in [1.54, 1.807) is 6.20 Å². The quantitative estimate of drug-likeness (QED) is 0.938. The maximum absolute atomic E-state index is 11.5. The third-order valence-corrected chi connectivity index (χ3v) is 3.97. The lowest BCUT2D eigenvalue weighted by atomic mass is 10.1. The normalized spacial score (nSPS) is 17.1. The molecule has 1 N–H and O–H groups in total. The number of carboxylic acids is 1. The Morgan fingerprint density at radius 2 is 2.15 bits per heavy atom. The average molecular weight is 333 g/mol. The first-order valence-corrected chi connectivity index (χ1v) is 7.12. The van der Waals surface area contributed by atoms with Crippen molar-refractivity contribution >= 4 is 27.6 Å². The van der Waals surface area contributed by atoms with E-state index in [2.05, 4.69) is 20.9 Å². The lowest BCUT2D eigenvalue weighted by Crippen LogP contribution is -2.38. The Morgan fingerprint density at radius 3 is 2.85 bits per heavy atom. The second-order valence-electron chi connectivity index (χ2n) is 4.78. The summed E-state index contributed by atoms with van der Waals surface area (Å²) in [7, 11) is 0. The fourth-order valence-electron chi connectivity index (χ4n) is 2.54. The number of rotatable bonds is 3. The molecule has 0 bridgehead atoms. The molecular formula is C15H13BrN2O2. The molecule has 4 nitrogen and oxygen atoms in total. The van der Waals surface area contributed by atoms with Crippen LogP contribution in [-0.2, 0) is 17.8 Å². The topological polar surface area (TPSA) is 53.4 Å². The van der Waals surface area contributed by atoms with Gasteiger partial charge in [0.25, 0.3) is 0 Å². The maximum atomic E-state index is 11.5. The Morgan fingerprint density at radius 1 is 1.35 bits per heavy atom. The van der Waals surface area contributed by atoms with Crippen molar-refractivity contribution < 1.29 is 9.90 Å². The number of hydrogen-bond donors (Lipinski definition) is 1. The van der Waals surface area contributed by atoms with E-state index in [-0.39, 0.29) is 0 Å². The summed E-state index contributed by atoms with van der Waals surface area (Å²) in [6, 6.07) is 11.1. The van der Waals surface area contributed by atoms with Gasteiger partial charge in [-0.3, -0.25) is 4.98 Å². The number of aromatic nitrogens is 1. The molecule has 1 aromatic carbocycles. The number of carboxylic acid groups (broad SMARTS) is 1. The third kappa shape index (κ3) is 2.41. The van der Waals surface area contributed by atoms with Crippen LogP contribution in [-0.4, -0.2) is 22.1 Å². The van der Waals surface area contributed by atoms with E-state index in [1.165, 1.54) is 0 Å². The van der Waals surface area contributed by atoms with E-state index >= 15 is 0 Å². The van der Waals surface area contributed by atoms with Crippen LogP contribution in [0, 0.1) is 0 Å². The van der Waals surface area contributed by atoms with Gasteiger partial charge in [-0.25, -0.2) is 4.79 Å². The Kier molecular flexibility index (Phi) is 3.44. The number of carbonyl (C=O) groups is 1. The van der Waals surface area contributed by atoms with Crippen molar-refractivity contribution in [1.82, 2.24) is 4.98 Å². The minimum Gasteiger partial charge on any atom is -0.480 e. The van der Waals surface area contributed by atoms with Crippen LogP contribution in [0.2, 0.25) is 0 Å². The Bertz CT molecular complexity index is 643. The lowest BCUT2D eigenvalue weighted by Gasteiger charge is -2.24. The van der Waals surface area contributed by atoms with E-state index in [9.17, 15) is 9.90 Å². The van der Waals surface area contributed by atoms with Gasteiger partial charge in [-0.2, -0.15) is 0 Å². The number of hydrogen-bond acceptors (Lipinski definition) is 3. The molecule has 0 amide bonds. The molecule has 0 saturated heterocycles. The Hall–Kier alpha value is -1.88. The number of aliphatic carboxylic acids is 1. The highest BCUT2D eigenvalue weighted by Crippen LogP contribution is 2.33. The molecule has 1 aliphatic rings. The van der Waals surface area contributed by atoms with Gasteiger partial charge in [0.15, 0.2) is 0 Å². The highest BCUT2D eigenvalue weighted by molar-refractivity contribution is 9.10. The van der Waals surface area contributed by atoms with Gasteiger partial charge < -0.3 is 10.0 Å². The summed E-state index contributed by atoms with van der Waals surface area (Å²) in [5.74, 6) is -0.793. The first-order chi connectivity index (χ1) is 9.65. The zero-order valence-electron chi connectivity index (χ0n) is 10.7. The van der Waals surface area contributed by atoms with Crippen LogP contribution in [0.4, 0.5) is 5.69 Å². The smallest absolute Gasteiger partial charge is 0.326 e.